The minimum atomic E-state index is -1.21. The second-order valence-electron chi connectivity index (χ2n) is 3.28. The molecule has 0 saturated carbocycles. The van der Waals surface area contributed by atoms with E-state index >= 15 is 0 Å². The highest BCUT2D eigenvalue weighted by Gasteiger charge is 2.22. The molecule has 0 amide bonds. The summed E-state index contributed by atoms with van der Waals surface area (Å²) in [6, 6.07) is 3.12. The van der Waals surface area contributed by atoms with Crippen molar-refractivity contribution >= 4 is 27.5 Å². The smallest absolute Gasteiger partial charge is 0.148 e. The Hall–Kier alpha value is -0.120. The molecule has 72 valence electrons. The van der Waals surface area contributed by atoms with E-state index in [0.29, 0.717) is 4.47 Å². The van der Waals surface area contributed by atoms with Gasteiger partial charge in [0.1, 0.15) is 5.82 Å². The fourth-order valence-electron chi connectivity index (χ4n) is 0.998. The predicted octanol–water partition coefficient (Wildman–Crippen LogP) is 3.47. The zero-order chi connectivity index (χ0) is 10.2. The van der Waals surface area contributed by atoms with Crippen LogP contribution in [-0.4, -0.2) is 5.11 Å². The van der Waals surface area contributed by atoms with Gasteiger partial charge in [-0.3, -0.25) is 0 Å². The second-order valence-corrected chi connectivity index (χ2v) is 4.51. The first-order valence-electron chi connectivity index (χ1n) is 3.70. The normalized spacial score (nSPS) is 11.8. The van der Waals surface area contributed by atoms with Crippen LogP contribution < -0.4 is 0 Å². The van der Waals surface area contributed by atoms with Crippen molar-refractivity contribution in [2.45, 2.75) is 19.4 Å². The summed E-state index contributed by atoms with van der Waals surface area (Å²) >= 11 is 8.75. The highest BCUT2D eigenvalue weighted by Crippen LogP contribution is 2.32. The maximum Gasteiger partial charge on any atom is 0.148 e. The van der Waals surface area contributed by atoms with Gasteiger partial charge in [-0.15, -0.1) is 0 Å². The summed E-state index contributed by atoms with van der Waals surface area (Å²) < 4.78 is 13.9. The lowest BCUT2D eigenvalue weighted by molar-refractivity contribution is 0.0745. The van der Waals surface area contributed by atoms with Crippen molar-refractivity contribution in [2.75, 3.05) is 0 Å². The molecule has 0 bridgehead atoms. The first-order chi connectivity index (χ1) is 5.84. The van der Waals surface area contributed by atoms with Crippen LogP contribution in [0.3, 0.4) is 0 Å². The molecule has 0 aliphatic rings. The SMILES string of the molecule is CC(C)(O)c1ccc(Br)c(Cl)c1F. The van der Waals surface area contributed by atoms with E-state index in [1.165, 1.54) is 19.9 Å². The molecule has 0 fully saturated rings. The highest BCUT2D eigenvalue weighted by molar-refractivity contribution is 9.10. The molecule has 1 aromatic carbocycles. The quantitative estimate of drug-likeness (QED) is 0.773. The van der Waals surface area contributed by atoms with Gasteiger partial charge >= 0.3 is 0 Å². The Morgan fingerprint density at radius 3 is 2.46 bits per heavy atom. The van der Waals surface area contributed by atoms with Crippen LogP contribution in [0.4, 0.5) is 4.39 Å². The monoisotopic (exact) mass is 266 g/mol. The van der Waals surface area contributed by atoms with E-state index in [2.05, 4.69) is 15.9 Å². The van der Waals surface area contributed by atoms with E-state index in [4.69, 9.17) is 11.6 Å². The molecule has 0 aliphatic carbocycles. The van der Waals surface area contributed by atoms with Gasteiger partial charge in [0, 0.05) is 10.0 Å². The Labute approximate surface area is 89.7 Å². The van der Waals surface area contributed by atoms with Gasteiger partial charge in [-0.05, 0) is 35.8 Å². The molecule has 0 radical (unpaired) electrons. The second kappa shape index (κ2) is 3.56. The van der Waals surface area contributed by atoms with E-state index in [9.17, 15) is 9.50 Å². The van der Waals surface area contributed by atoms with Crippen molar-refractivity contribution in [1.29, 1.82) is 0 Å². The molecule has 0 aliphatic heterocycles. The fraction of sp³-hybridized carbons (Fsp3) is 0.333. The van der Waals surface area contributed by atoms with Crippen LogP contribution in [0, 0.1) is 5.82 Å². The highest BCUT2D eigenvalue weighted by atomic mass is 79.9. The lowest BCUT2D eigenvalue weighted by atomic mass is 9.98. The minimum Gasteiger partial charge on any atom is -0.386 e. The fourth-order valence-corrected chi connectivity index (χ4v) is 1.47. The third-order valence-corrected chi connectivity index (χ3v) is 2.95. The molecule has 1 nitrogen and oxygen atoms in total. The summed E-state index contributed by atoms with van der Waals surface area (Å²) in [7, 11) is 0. The van der Waals surface area contributed by atoms with Gasteiger partial charge in [0.2, 0.25) is 0 Å². The third-order valence-electron chi connectivity index (χ3n) is 1.69. The van der Waals surface area contributed by atoms with Gasteiger partial charge < -0.3 is 5.11 Å². The molecule has 0 spiro atoms. The van der Waals surface area contributed by atoms with Crippen molar-refractivity contribution < 1.29 is 9.50 Å². The summed E-state index contributed by atoms with van der Waals surface area (Å²) in [5.41, 5.74) is -1.02. The van der Waals surface area contributed by atoms with E-state index in [1.807, 2.05) is 0 Å². The Kier molecular flexibility index (Phi) is 3.00. The van der Waals surface area contributed by atoms with Crippen molar-refractivity contribution in [2.24, 2.45) is 0 Å². The summed E-state index contributed by atoms with van der Waals surface area (Å²) in [5.74, 6) is -0.580. The zero-order valence-electron chi connectivity index (χ0n) is 7.24. The molecule has 4 heteroatoms. The molecule has 0 aromatic heterocycles. The summed E-state index contributed by atoms with van der Waals surface area (Å²) in [5, 5.41) is 9.57. The van der Waals surface area contributed by atoms with Crippen LogP contribution in [0.5, 0.6) is 0 Å². The van der Waals surface area contributed by atoms with Crippen molar-refractivity contribution in [1.82, 2.24) is 0 Å². The summed E-state index contributed by atoms with van der Waals surface area (Å²) in [6.07, 6.45) is 0. The zero-order valence-corrected chi connectivity index (χ0v) is 9.58. The van der Waals surface area contributed by atoms with Crippen LogP contribution in [0.25, 0.3) is 0 Å². The molecule has 0 unspecified atom stereocenters. The Morgan fingerprint density at radius 2 is 2.00 bits per heavy atom. The van der Waals surface area contributed by atoms with Crippen LogP contribution in [0.1, 0.15) is 19.4 Å². The largest absolute Gasteiger partial charge is 0.386 e. The molecule has 1 aromatic rings. The number of hydrogen-bond donors (Lipinski definition) is 1. The summed E-state index contributed by atoms with van der Waals surface area (Å²) in [6.45, 7) is 3.02. The molecule has 1 rings (SSSR count). The number of hydrogen-bond acceptors (Lipinski definition) is 1. The topological polar surface area (TPSA) is 20.2 Å². The molecular weight excluding hydrogens is 258 g/mol. The minimum absolute atomic E-state index is 0.000347. The number of benzene rings is 1. The summed E-state index contributed by atoms with van der Waals surface area (Å²) in [4.78, 5) is 0. The van der Waals surface area contributed by atoms with E-state index in [1.54, 1.807) is 6.07 Å². The molecular formula is C9H9BrClFO. The lowest BCUT2D eigenvalue weighted by Gasteiger charge is -2.19. The Morgan fingerprint density at radius 1 is 1.46 bits per heavy atom. The van der Waals surface area contributed by atoms with Crippen LogP contribution >= 0.6 is 27.5 Å². The van der Waals surface area contributed by atoms with Crippen LogP contribution in [0.2, 0.25) is 5.02 Å². The first-order valence-corrected chi connectivity index (χ1v) is 4.87. The number of rotatable bonds is 1. The molecule has 13 heavy (non-hydrogen) atoms. The van der Waals surface area contributed by atoms with Gasteiger partial charge in [-0.25, -0.2) is 4.39 Å². The van der Waals surface area contributed by atoms with Crippen molar-refractivity contribution in [3.63, 3.8) is 0 Å². The van der Waals surface area contributed by atoms with Gasteiger partial charge in [0.25, 0.3) is 0 Å². The van der Waals surface area contributed by atoms with E-state index in [0.717, 1.165) is 0 Å². The molecule has 0 atom stereocenters. The van der Waals surface area contributed by atoms with Crippen molar-refractivity contribution in [3.8, 4) is 0 Å². The van der Waals surface area contributed by atoms with Gasteiger partial charge in [-0.1, -0.05) is 17.7 Å². The van der Waals surface area contributed by atoms with Crippen molar-refractivity contribution in [3.05, 3.63) is 33.0 Å². The van der Waals surface area contributed by atoms with Crippen LogP contribution in [0.15, 0.2) is 16.6 Å². The van der Waals surface area contributed by atoms with Gasteiger partial charge in [0.15, 0.2) is 0 Å². The van der Waals surface area contributed by atoms with Crippen LogP contribution in [-0.2, 0) is 5.60 Å². The standard InChI is InChI=1S/C9H9BrClFO/c1-9(2,13)5-3-4-6(10)7(11)8(5)12/h3-4,13H,1-2H3. The lowest BCUT2D eigenvalue weighted by Crippen LogP contribution is -2.17. The molecule has 0 heterocycles. The number of halogens is 3. The molecule has 0 saturated heterocycles. The first kappa shape index (κ1) is 11.0. The number of aliphatic hydroxyl groups is 1. The average molecular weight is 268 g/mol. The Balaban J connectivity index is 3.35. The van der Waals surface area contributed by atoms with E-state index in [-0.39, 0.29) is 10.6 Å². The average Bonchev–Trinajstić information content (AvgIpc) is 1.98. The predicted molar refractivity (Wildman–Crippen MR) is 54.4 cm³/mol. The maximum atomic E-state index is 13.4. The van der Waals surface area contributed by atoms with E-state index < -0.39 is 11.4 Å². The maximum absolute atomic E-state index is 13.4. The third kappa shape index (κ3) is 2.22. The molecule has 1 N–H and O–H groups in total. The van der Waals surface area contributed by atoms with Gasteiger partial charge in [-0.2, -0.15) is 0 Å². The van der Waals surface area contributed by atoms with Gasteiger partial charge in [0.05, 0.1) is 10.6 Å². The Bertz CT molecular complexity index is 333.